The molecule has 3 rings (SSSR count). The summed E-state index contributed by atoms with van der Waals surface area (Å²) in [6, 6.07) is 4.30. The summed E-state index contributed by atoms with van der Waals surface area (Å²) < 4.78 is 0. The Labute approximate surface area is 124 Å². The lowest BCUT2D eigenvalue weighted by atomic mass is 10.1. The fraction of sp³-hybridized carbons (Fsp3) is 0.467. The highest BCUT2D eigenvalue weighted by atomic mass is 15.3. The molecule has 6 nitrogen and oxygen atoms in total. The van der Waals surface area contributed by atoms with Crippen LogP contribution in [0.1, 0.15) is 30.3 Å². The van der Waals surface area contributed by atoms with Gasteiger partial charge >= 0.3 is 0 Å². The van der Waals surface area contributed by atoms with Gasteiger partial charge in [-0.25, -0.2) is 19.9 Å². The van der Waals surface area contributed by atoms with Crippen LogP contribution in [-0.2, 0) is 0 Å². The van der Waals surface area contributed by atoms with E-state index in [1.54, 1.807) is 6.33 Å². The number of aromatic nitrogens is 4. The first kappa shape index (κ1) is 13.7. The van der Waals surface area contributed by atoms with Crippen molar-refractivity contribution in [2.24, 2.45) is 0 Å². The number of rotatable bonds is 3. The molecule has 21 heavy (non-hydrogen) atoms. The van der Waals surface area contributed by atoms with Crippen LogP contribution in [0.5, 0.6) is 0 Å². The standard InChI is InChI=1S/C15H20N6/c1-11-9-14(18-10-17-11)21-8-4-5-13(21)12-6-7-16-15(19-12)20(2)3/h6-7,9-10,13H,4-5,8H2,1-3H3. The smallest absolute Gasteiger partial charge is 0.225 e. The highest BCUT2D eigenvalue weighted by molar-refractivity contribution is 5.43. The van der Waals surface area contributed by atoms with Crippen LogP contribution in [0.25, 0.3) is 0 Å². The van der Waals surface area contributed by atoms with Gasteiger partial charge in [-0.15, -0.1) is 0 Å². The lowest BCUT2D eigenvalue weighted by molar-refractivity contribution is 0.682. The third kappa shape index (κ3) is 2.79. The van der Waals surface area contributed by atoms with E-state index in [9.17, 15) is 0 Å². The molecule has 0 bridgehead atoms. The highest BCUT2D eigenvalue weighted by Crippen LogP contribution is 2.34. The average molecular weight is 284 g/mol. The first-order valence-corrected chi connectivity index (χ1v) is 7.20. The fourth-order valence-corrected chi connectivity index (χ4v) is 2.71. The van der Waals surface area contributed by atoms with Crippen LogP contribution in [0.3, 0.4) is 0 Å². The highest BCUT2D eigenvalue weighted by Gasteiger charge is 2.28. The third-order valence-electron chi connectivity index (χ3n) is 3.74. The van der Waals surface area contributed by atoms with Crippen LogP contribution in [0.4, 0.5) is 11.8 Å². The Balaban J connectivity index is 1.92. The maximum atomic E-state index is 4.68. The average Bonchev–Trinajstić information content (AvgIpc) is 2.97. The Hall–Kier alpha value is -2.24. The van der Waals surface area contributed by atoms with Crippen molar-refractivity contribution in [1.29, 1.82) is 0 Å². The molecule has 1 aliphatic heterocycles. The summed E-state index contributed by atoms with van der Waals surface area (Å²) in [6.45, 7) is 2.99. The summed E-state index contributed by atoms with van der Waals surface area (Å²) in [4.78, 5) is 21.8. The molecule has 110 valence electrons. The van der Waals surface area contributed by atoms with Crippen LogP contribution in [0, 0.1) is 6.92 Å². The van der Waals surface area contributed by atoms with Crippen molar-refractivity contribution >= 4 is 11.8 Å². The molecule has 3 heterocycles. The van der Waals surface area contributed by atoms with Gasteiger partial charge in [0.05, 0.1) is 11.7 Å². The largest absolute Gasteiger partial charge is 0.348 e. The van der Waals surface area contributed by atoms with Crippen molar-refractivity contribution in [3.8, 4) is 0 Å². The maximum absolute atomic E-state index is 4.68. The van der Waals surface area contributed by atoms with E-state index in [2.05, 4.69) is 24.8 Å². The zero-order chi connectivity index (χ0) is 14.8. The molecule has 0 spiro atoms. The monoisotopic (exact) mass is 284 g/mol. The normalized spacial score (nSPS) is 18.0. The van der Waals surface area contributed by atoms with Gasteiger partial charge in [0, 0.05) is 38.6 Å². The molecule has 6 heteroatoms. The predicted molar refractivity (Wildman–Crippen MR) is 82.4 cm³/mol. The van der Waals surface area contributed by atoms with Crippen molar-refractivity contribution in [2.75, 3.05) is 30.4 Å². The molecular weight excluding hydrogens is 264 g/mol. The van der Waals surface area contributed by atoms with E-state index >= 15 is 0 Å². The Bertz CT molecular complexity index is 627. The Morgan fingerprint density at radius 3 is 2.86 bits per heavy atom. The van der Waals surface area contributed by atoms with E-state index in [0.717, 1.165) is 42.5 Å². The molecule has 0 radical (unpaired) electrons. The van der Waals surface area contributed by atoms with E-state index in [1.165, 1.54) is 0 Å². The molecule has 0 aliphatic carbocycles. The van der Waals surface area contributed by atoms with Gasteiger partial charge in [-0.3, -0.25) is 0 Å². The van der Waals surface area contributed by atoms with Crippen LogP contribution in [-0.4, -0.2) is 40.6 Å². The number of hydrogen-bond donors (Lipinski definition) is 0. The summed E-state index contributed by atoms with van der Waals surface area (Å²) in [5, 5.41) is 0. The van der Waals surface area contributed by atoms with Crippen LogP contribution < -0.4 is 9.80 Å². The first-order chi connectivity index (χ1) is 10.1. The van der Waals surface area contributed by atoms with Crippen molar-refractivity contribution in [1.82, 2.24) is 19.9 Å². The quantitative estimate of drug-likeness (QED) is 0.859. The summed E-state index contributed by atoms with van der Waals surface area (Å²) in [7, 11) is 3.92. The van der Waals surface area contributed by atoms with Gasteiger partial charge in [0.2, 0.25) is 5.95 Å². The van der Waals surface area contributed by atoms with E-state index in [1.807, 2.05) is 44.2 Å². The second kappa shape index (κ2) is 5.63. The molecule has 0 saturated carbocycles. The van der Waals surface area contributed by atoms with Crippen molar-refractivity contribution < 1.29 is 0 Å². The lowest BCUT2D eigenvalue weighted by Crippen LogP contribution is -2.25. The Morgan fingerprint density at radius 2 is 2.10 bits per heavy atom. The topological polar surface area (TPSA) is 58.0 Å². The molecule has 1 aliphatic rings. The Kier molecular flexibility index (Phi) is 3.68. The second-order valence-electron chi connectivity index (χ2n) is 5.54. The minimum Gasteiger partial charge on any atom is -0.348 e. The first-order valence-electron chi connectivity index (χ1n) is 7.20. The minimum absolute atomic E-state index is 0.265. The molecule has 1 unspecified atom stereocenters. The molecule has 1 saturated heterocycles. The zero-order valence-corrected chi connectivity index (χ0v) is 12.7. The number of nitrogens with zero attached hydrogens (tertiary/aromatic N) is 6. The molecular formula is C15H20N6. The molecule has 2 aromatic heterocycles. The summed E-state index contributed by atoms with van der Waals surface area (Å²) in [5.74, 6) is 1.73. The lowest BCUT2D eigenvalue weighted by Gasteiger charge is -2.25. The van der Waals surface area contributed by atoms with E-state index in [0.29, 0.717) is 0 Å². The summed E-state index contributed by atoms with van der Waals surface area (Å²) in [6.07, 6.45) is 5.70. The molecule has 1 fully saturated rings. The van der Waals surface area contributed by atoms with Crippen molar-refractivity contribution in [3.63, 3.8) is 0 Å². The molecule has 2 aromatic rings. The minimum atomic E-state index is 0.265. The predicted octanol–water partition coefficient (Wildman–Crippen LogP) is 1.98. The summed E-state index contributed by atoms with van der Waals surface area (Å²) in [5.41, 5.74) is 2.05. The second-order valence-corrected chi connectivity index (χ2v) is 5.54. The summed E-state index contributed by atoms with van der Waals surface area (Å²) >= 11 is 0. The van der Waals surface area contributed by atoms with Crippen LogP contribution >= 0.6 is 0 Å². The van der Waals surface area contributed by atoms with Gasteiger partial charge in [-0.05, 0) is 25.8 Å². The third-order valence-corrected chi connectivity index (χ3v) is 3.74. The molecule has 0 aromatic carbocycles. The van der Waals surface area contributed by atoms with Gasteiger partial charge in [0.25, 0.3) is 0 Å². The van der Waals surface area contributed by atoms with Gasteiger partial charge in [-0.2, -0.15) is 0 Å². The van der Waals surface area contributed by atoms with Crippen LogP contribution in [0.15, 0.2) is 24.7 Å². The van der Waals surface area contributed by atoms with Gasteiger partial charge in [-0.1, -0.05) is 0 Å². The van der Waals surface area contributed by atoms with Crippen molar-refractivity contribution in [2.45, 2.75) is 25.8 Å². The number of anilines is 2. The van der Waals surface area contributed by atoms with E-state index in [4.69, 9.17) is 0 Å². The zero-order valence-electron chi connectivity index (χ0n) is 12.7. The fourth-order valence-electron chi connectivity index (χ4n) is 2.71. The maximum Gasteiger partial charge on any atom is 0.225 e. The number of aryl methyl sites for hydroxylation is 1. The van der Waals surface area contributed by atoms with E-state index < -0.39 is 0 Å². The van der Waals surface area contributed by atoms with Crippen molar-refractivity contribution in [3.05, 3.63) is 36.0 Å². The number of hydrogen-bond acceptors (Lipinski definition) is 6. The SMILES string of the molecule is Cc1cc(N2CCCC2c2ccnc(N(C)C)n2)ncn1. The van der Waals surface area contributed by atoms with E-state index in [-0.39, 0.29) is 6.04 Å². The van der Waals surface area contributed by atoms with Gasteiger partial charge in [0.15, 0.2) is 0 Å². The Morgan fingerprint density at radius 1 is 1.24 bits per heavy atom. The molecule has 0 amide bonds. The molecule has 0 N–H and O–H groups in total. The molecule has 1 atom stereocenters. The van der Waals surface area contributed by atoms with Gasteiger partial charge < -0.3 is 9.80 Å². The van der Waals surface area contributed by atoms with Crippen LogP contribution in [0.2, 0.25) is 0 Å². The van der Waals surface area contributed by atoms with Gasteiger partial charge in [0.1, 0.15) is 12.1 Å².